The number of hydrogen-bond donors (Lipinski definition) is 1. The summed E-state index contributed by atoms with van der Waals surface area (Å²) in [6.45, 7) is 2.26. The van der Waals surface area contributed by atoms with Crippen LogP contribution in [0.5, 0.6) is 5.75 Å². The minimum Gasteiger partial charge on any atom is -0.487 e. The Morgan fingerprint density at radius 1 is 1.39 bits per heavy atom. The first-order valence-electron chi connectivity index (χ1n) is 7.76. The minimum absolute atomic E-state index is 0.102. The van der Waals surface area contributed by atoms with Gasteiger partial charge in [-0.3, -0.25) is 9.78 Å². The van der Waals surface area contributed by atoms with Crippen LogP contribution in [0.15, 0.2) is 42.6 Å². The van der Waals surface area contributed by atoms with Crippen LogP contribution in [0.3, 0.4) is 0 Å². The van der Waals surface area contributed by atoms with Crippen LogP contribution >= 0.6 is 0 Å². The predicted molar refractivity (Wildman–Crippen MR) is 84.6 cm³/mol. The summed E-state index contributed by atoms with van der Waals surface area (Å²) in [5.41, 5.74) is 1.22. The Labute approximate surface area is 134 Å². The number of benzene rings is 1. The van der Waals surface area contributed by atoms with Gasteiger partial charge in [-0.05, 0) is 49.9 Å². The maximum atomic E-state index is 13.1. The number of nitrogens with one attached hydrogen (secondary N) is 1. The second-order valence-electron chi connectivity index (χ2n) is 5.88. The van der Waals surface area contributed by atoms with Gasteiger partial charge in [-0.15, -0.1) is 0 Å². The van der Waals surface area contributed by atoms with E-state index < -0.39 is 0 Å². The number of carbonyl (C=O) groups is 1. The van der Waals surface area contributed by atoms with E-state index in [1.165, 1.54) is 25.0 Å². The lowest BCUT2D eigenvalue weighted by molar-refractivity contribution is 0.0935. The summed E-state index contributed by atoms with van der Waals surface area (Å²) in [6, 6.07) is 9.64. The van der Waals surface area contributed by atoms with E-state index in [0.29, 0.717) is 22.9 Å². The second-order valence-corrected chi connectivity index (χ2v) is 5.88. The molecule has 1 N–H and O–H groups in total. The summed E-state index contributed by atoms with van der Waals surface area (Å²) in [5, 5.41) is 2.99. The van der Waals surface area contributed by atoms with Crippen LogP contribution in [0.25, 0.3) is 0 Å². The maximum absolute atomic E-state index is 13.1. The van der Waals surface area contributed by atoms with Gasteiger partial charge in [-0.2, -0.15) is 0 Å². The molecular formula is C18H19FN2O2. The van der Waals surface area contributed by atoms with E-state index in [-0.39, 0.29) is 24.4 Å². The molecule has 3 rings (SSSR count). The summed E-state index contributed by atoms with van der Waals surface area (Å²) in [6.07, 6.45) is 3.92. The minimum atomic E-state index is -0.340. The van der Waals surface area contributed by atoms with Gasteiger partial charge in [0.15, 0.2) is 0 Å². The lowest BCUT2D eigenvalue weighted by Crippen LogP contribution is -2.34. The molecule has 1 aliphatic carbocycles. The van der Waals surface area contributed by atoms with Gasteiger partial charge in [0.05, 0.1) is 11.3 Å². The number of pyridine rings is 1. The molecule has 1 heterocycles. The fraction of sp³-hybridized carbons (Fsp3) is 0.333. The Hall–Kier alpha value is -2.43. The number of nitrogens with zero attached hydrogens (tertiary/aromatic N) is 1. The summed E-state index contributed by atoms with van der Waals surface area (Å²) >= 11 is 0. The van der Waals surface area contributed by atoms with Crippen molar-refractivity contribution in [2.24, 2.45) is 5.92 Å². The first-order valence-corrected chi connectivity index (χ1v) is 7.76. The Bertz CT molecular complexity index is 684. The van der Waals surface area contributed by atoms with Crippen molar-refractivity contribution in [3.05, 3.63) is 59.7 Å². The first kappa shape index (κ1) is 15.5. The number of ether oxygens (including phenoxy) is 1. The fourth-order valence-corrected chi connectivity index (χ4v) is 2.36. The molecule has 4 nitrogen and oxygen atoms in total. The Morgan fingerprint density at radius 2 is 2.22 bits per heavy atom. The number of rotatable bonds is 6. The van der Waals surface area contributed by atoms with Crippen molar-refractivity contribution in [1.82, 2.24) is 10.3 Å². The molecule has 0 spiro atoms. The van der Waals surface area contributed by atoms with Crippen LogP contribution in [-0.4, -0.2) is 16.9 Å². The molecule has 0 radical (unpaired) electrons. The van der Waals surface area contributed by atoms with Crippen molar-refractivity contribution in [3.63, 3.8) is 0 Å². The SMILES string of the molecule is C[C@@H](NC(=O)c1ccc(COc2cccc(F)c2)nc1)C1CC1. The Kier molecular flexibility index (Phi) is 4.55. The average molecular weight is 314 g/mol. The quantitative estimate of drug-likeness (QED) is 0.890. The molecule has 1 aromatic carbocycles. The maximum Gasteiger partial charge on any atom is 0.253 e. The molecule has 1 fully saturated rings. The lowest BCUT2D eigenvalue weighted by atomic mass is 10.2. The average Bonchev–Trinajstić information content (AvgIpc) is 3.38. The van der Waals surface area contributed by atoms with E-state index in [9.17, 15) is 9.18 Å². The van der Waals surface area contributed by atoms with Gasteiger partial charge in [-0.25, -0.2) is 4.39 Å². The highest BCUT2D eigenvalue weighted by Gasteiger charge is 2.29. The molecule has 120 valence electrons. The Balaban J connectivity index is 1.55. The van der Waals surface area contributed by atoms with E-state index in [1.54, 1.807) is 30.5 Å². The summed E-state index contributed by atoms with van der Waals surface area (Å²) in [7, 11) is 0. The van der Waals surface area contributed by atoms with Gasteiger partial charge in [-0.1, -0.05) is 6.07 Å². The molecule has 1 atom stereocenters. The van der Waals surface area contributed by atoms with Crippen molar-refractivity contribution in [2.75, 3.05) is 0 Å². The molecule has 0 aliphatic heterocycles. The third kappa shape index (κ3) is 4.28. The fourth-order valence-electron chi connectivity index (χ4n) is 2.36. The molecule has 2 aromatic rings. The number of halogens is 1. The zero-order valence-electron chi connectivity index (χ0n) is 13.0. The van der Waals surface area contributed by atoms with Gasteiger partial charge in [0.1, 0.15) is 18.2 Å². The van der Waals surface area contributed by atoms with Crippen LogP contribution in [0.2, 0.25) is 0 Å². The first-order chi connectivity index (χ1) is 11.1. The van der Waals surface area contributed by atoms with Crippen LogP contribution in [-0.2, 0) is 6.61 Å². The number of carbonyl (C=O) groups excluding carboxylic acids is 1. The highest BCUT2D eigenvalue weighted by Crippen LogP contribution is 2.32. The normalized spacial score (nSPS) is 15.0. The van der Waals surface area contributed by atoms with E-state index in [4.69, 9.17) is 4.74 Å². The molecule has 1 aromatic heterocycles. The van der Waals surface area contributed by atoms with Crippen molar-refractivity contribution in [1.29, 1.82) is 0 Å². The molecular weight excluding hydrogens is 295 g/mol. The molecule has 0 saturated heterocycles. The van der Waals surface area contributed by atoms with E-state index in [1.807, 2.05) is 6.92 Å². The molecule has 5 heteroatoms. The lowest BCUT2D eigenvalue weighted by Gasteiger charge is -2.12. The second kappa shape index (κ2) is 6.77. The molecule has 0 bridgehead atoms. The van der Waals surface area contributed by atoms with Gasteiger partial charge >= 0.3 is 0 Å². The summed E-state index contributed by atoms with van der Waals surface area (Å²) in [4.78, 5) is 16.3. The van der Waals surface area contributed by atoms with Crippen molar-refractivity contribution >= 4 is 5.91 Å². The van der Waals surface area contributed by atoms with Gasteiger partial charge in [0.25, 0.3) is 5.91 Å². The van der Waals surface area contributed by atoms with Crippen LogP contribution in [0.4, 0.5) is 4.39 Å². The van der Waals surface area contributed by atoms with Crippen LogP contribution in [0.1, 0.15) is 35.8 Å². The van der Waals surface area contributed by atoms with E-state index in [0.717, 1.165) is 0 Å². The zero-order valence-corrected chi connectivity index (χ0v) is 13.0. The predicted octanol–water partition coefficient (Wildman–Crippen LogP) is 3.33. The van der Waals surface area contributed by atoms with Crippen molar-refractivity contribution in [2.45, 2.75) is 32.4 Å². The largest absolute Gasteiger partial charge is 0.487 e. The third-order valence-electron chi connectivity index (χ3n) is 3.96. The third-order valence-corrected chi connectivity index (χ3v) is 3.96. The van der Waals surface area contributed by atoms with Gasteiger partial charge in [0.2, 0.25) is 0 Å². The monoisotopic (exact) mass is 314 g/mol. The topological polar surface area (TPSA) is 51.2 Å². The van der Waals surface area contributed by atoms with Crippen molar-refractivity contribution in [3.8, 4) is 5.75 Å². The van der Waals surface area contributed by atoms with E-state index in [2.05, 4.69) is 10.3 Å². The Morgan fingerprint density at radius 3 is 2.87 bits per heavy atom. The van der Waals surface area contributed by atoms with Gasteiger partial charge in [0, 0.05) is 18.3 Å². The molecule has 23 heavy (non-hydrogen) atoms. The highest BCUT2D eigenvalue weighted by atomic mass is 19.1. The molecule has 1 saturated carbocycles. The van der Waals surface area contributed by atoms with Gasteiger partial charge < -0.3 is 10.1 Å². The zero-order chi connectivity index (χ0) is 16.2. The molecule has 1 amide bonds. The van der Waals surface area contributed by atoms with Crippen molar-refractivity contribution < 1.29 is 13.9 Å². The summed E-state index contributed by atoms with van der Waals surface area (Å²) < 4.78 is 18.5. The number of amides is 1. The highest BCUT2D eigenvalue weighted by molar-refractivity contribution is 5.94. The summed E-state index contributed by atoms with van der Waals surface area (Å²) in [5.74, 6) is 0.625. The standard InChI is InChI=1S/C18H19FN2O2/c1-12(13-5-6-13)21-18(22)14-7-8-16(20-10-14)11-23-17-4-2-3-15(19)9-17/h2-4,7-10,12-13H,5-6,11H2,1H3,(H,21,22)/t12-/m1/s1. The molecule has 0 unspecified atom stereocenters. The van der Waals surface area contributed by atoms with Crippen LogP contribution < -0.4 is 10.1 Å². The van der Waals surface area contributed by atoms with E-state index >= 15 is 0 Å². The smallest absolute Gasteiger partial charge is 0.253 e. The van der Waals surface area contributed by atoms with Crippen LogP contribution in [0, 0.1) is 11.7 Å². The molecule has 1 aliphatic rings. The number of aromatic nitrogens is 1. The number of hydrogen-bond acceptors (Lipinski definition) is 3.